The van der Waals surface area contributed by atoms with E-state index in [1.54, 1.807) is 12.3 Å². The van der Waals surface area contributed by atoms with Gasteiger partial charge >= 0.3 is 0 Å². The lowest BCUT2D eigenvalue weighted by molar-refractivity contribution is 0.0943. The first kappa shape index (κ1) is 13.7. The fourth-order valence-electron chi connectivity index (χ4n) is 1.52. The SMILES string of the molecule is CCc1cnc(CNC(=O)c2ccc(Br)cc2F)o1. The van der Waals surface area contributed by atoms with E-state index in [-0.39, 0.29) is 12.1 Å². The van der Waals surface area contributed by atoms with Crippen LogP contribution in [0, 0.1) is 5.82 Å². The molecule has 0 aliphatic carbocycles. The number of benzene rings is 1. The van der Waals surface area contributed by atoms with Crippen molar-refractivity contribution >= 4 is 21.8 Å². The number of hydrogen-bond acceptors (Lipinski definition) is 3. The zero-order valence-electron chi connectivity index (χ0n) is 10.2. The summed E-state index contributed by atoms with van der Waals surface area (Å²) in [7, 11) is 0. The van der Waals surface area contributed by atoms with Crippen LogP contribution in [0.25, 0.3) is 0 Å². The number of aryl methyl sites for hydroxylation is 1. The lowest BCUT2D eigenvalue weighted by atomic mass is 10.2. The van der Waals surface area contributed by atoms with Crippen molar-refractivity contribution in [3.63, 3.8) is 0 Å². The summed E-state index contributed by atoms with van der Waals surface area (Å²) in [5.41, 5.74) is -0.00882. The van der Waals surface area contributed by atoms with Crippen LogP contribution in [0.2, 0.25) is 0 Å². The normalized spacial score (nSPS) is 10.5. The summed E-state index contributed by atoms with van der Waals surface area (Å²) >= 11 is 3.14. The van der Waals surface area contributed by atoms with Gasteiger partial charge in [0.2, 0.25) is 5.89 Å². The number of oxazole rings is 1. The largest absolute Gasteiger partial charge is 0.444 e. The molecule has 19 heavy (non-hydrogen) atoms. The molecule has 0 unspecified atom stereocenters. The van der Waals surface area contributed by atoms with Crippen LogP contribution in [0.4, 0.5) is 4.39 Å². The van der Waals surface area contributed by atoms with Crippen LogP contribution in [0.1, 0.15) is 28.9 Å². The number of carbonyl (C=O) groups is 1. The maximum Gasteiger partial charge on any atom is 0.254 e. The molecule has 2 aromatic rings. The molecular weight excluding hydrogens is 315 g/mol. The van der Waals surface area contributed by atoms with Crippen molar-refractivity contribution < 1.29 is 13.6 Å². The quantitative estimate of drug-likeness (QED) is 0.939. The lowest BCUT2D eigenvalue weighted by Gasteiger charge is -2.04. The van der Waals surface area contributed by atoms with Crippen molar-refractivity contribution in [2.45, 2.75) is 19.9 Å². The summed E-state index contributed by atoms with van der Waals surface area (Å²) < 4.78 is 19.5. The van der Waals surface area contributed by atoms with Crippen LogP contribution in [0.15, 0.2) is 33.3 Å². The van der Waals surface area contributed by atoms with Crippen molar-refractivity contribution in [3.05, 3.63) is 51.9 Å². The van der Waals surface area contributed by atoms with Gasteiger partial charge in [0.05, 0.1) is 18.3 Å². The standard InChI is InChI=1S/C13H12BrFN2O2/c1-2-9-6-16-12(19-9)7-17-13(18)10-4-3-8(14)5-11(10)15/h3-6H,2,7H2,1H3,(H,17,18). The third-order valence-electron chi connectivity index (χ3n) is 2.53. The average Bonchev–Trinajstić information content (AvgIpc) is 2.84. The van der Waals surface area contributed by atoms with Crippen molar-refractivity contribution in [2.75, 3.05) is 0 Å². The number of halogens is 2. The van der Waals surface area contributed by atoms with Gasteiger partial charge in [-0.3, -0.25) is 4.79 Å². The molecule has 4 nitrogen and oxygen atoms in total. The molecular formula is C13H12BrFN2O2. The van der Waals surface area contributed by atoms with Crippen LogP contribution in [-0.4, -0.2) is 10.9 Å². The molecule has 6 heteroatoms. The molecule has 1 heterocycles. The predicted molar refractivity (Wildman–Crippen MR) is 71.2 cm³/mol. The molecule has 0 saturated heterocycles. The van der Waals surface area contributed by atoms with E-state index in [1.807, 2.05) is 6.92 Å². The highest BCUT2D eigenvalue weighted by atomic mass is 79.9. The predicted octanol–water partition coefficient (Wildman–Crippen LogP) is 3.07. The van der Waals surface area contributed by atoms with Gasteiger partial charge in [0, 0.05) is 10.9 Å². The molecule has 1 aromatic carbocycles. The Morgan fingerprint density at radius 2 is 2.32 bits per heavy atom. The Morgan fingerprint density at radius 1 is 1.53 bits per heavy atom. The second-order valence-electron chi connectivity index (χ2n) is 3.88. The molecule has 0 aliphatic rings. The van der Waals surface area contributed by atoms with E-state index >= 15 is 0 Å². The van der Waals surface area contributed by atoms with Crippen molar-refractivity contribution in [1.29, 1.82) is 0 Å². The number of amides is 1. The Bertz CT molecular complexity index is 598. The monoisotopic (exact) mass is 326 g/mol. The fourth-order valence-corrected chi connectivity index (χ4v) is 1.85. The number of rotatable bonds is 4. The third-order valence-corrected chi connectivity index (χ3v) is 3.02. The summed E-state index contributed by atoms with van der Waals surface area (Å²) in [4.78, 5) is 15.8. The highest BCUT2D eigenvalue weighted by molar-refractivity contribution is 9.10. The van der Waals surface area contributed by atoms with Crippen LogP contribution in [0.3, 0.4) is 0 Å². The molecule has 1 aromatic heterocycles. The van der Waals surface area contributed by atoms with Gasteiger partial charge in [-0.15, -0.1) is 0 Å². The molecule has 0 spiro atoms. The second kappa shape index (κ2) is 5.97. The van der Waals surface area contributed by atoms with Crippen LogP contribution >= 0.6 is 15.9 Å². The van der Waals surface area contributed by atoms with E-state index < -0.39 is 11.7 Å². The number of hydrogen-bond donors (Lipinski definition) is 1. The van der Waals surface area contributed by atoms with Gasteiger partial charge in [0.15, 0.2) is 0 Å². The Hall–Kier alpha value is -1.69. The highest BCUT2D eigenvalue weighted by Crippen LogP contribution is 2.15. The molecule has 0 radical (unpaired) electrons. The molecule has 0 saturated carbocycles. The minimum Gasteiger partial charge on any atom is -0.444 e. The minimum absolute atomic E-state index is 0.00882. The maximum absolute atomic E-state index is 13.6. The lowest BCUT2D eigenvalue weighted by Crippen LogP contribution is -2.23. The third kappa shape index (κ3) is 3.41. The van der Waals surface area contributed by atoms with Gasteiger partial charge in [0.1, 0.15) is 11.6 Å². The van der Waals surface area contributed by atoms with Gasteiger partial charge in [-0.05, 0) is 18.2 Å². The molecule has 1 amide bonds. The highest BCUT2D eigenvalue weighted by Gasteiger charge is 2.12. The van der Waals surface area contributed by atoms with Gasteiger partial charge in [-0.25, -0.2) is 9.37 Å². The van der Waals surface area contributed by atoms with Crippen molar-refractivity contribution in [2.24, 2.45) is 0 Å². The van der Waals surface area contributed by atoms with Crippen LogP contribution < -0.4 is 5.32 Å². The first-order valence-corrected chi connectivity index (χ1v) is 6.56. The molecule has 0 atom stereocenters. The summed E-state index contributed by atoms with van der Waals surface area (Å²) in [6.07, 6.45) is 2.35. The zero-order chi connectivity index (χ0) is 13.8. The molecule has 1 N–H and O–H groups in total. The Balaban J connectivity index is 2.01. The maximum atomic E-state index is 13.6. The Kier molecular flexibility index (Phi) is 4.31. The second-order valence-corrected chi connectivity index (χ2v) is 4.80. The van der Waals surface area contributed by atoms with Crippen molar-refractivity contribution in [3.8, 4) is 0 Å². The average molecular weight is 327 g/mol. The number of nitrogens with one attached hydrogen (secondary N) is 1. The smallest absolute Gasteiger partial charge is 0.254 e. The van der Waals surface area contributed by atoms with Gasteiger partial charge < -0.3 is 9.73 Å². The van der Waals surface area contributed by atoms with Crippen LogP contribution in [-0.2, 0) is 13.0 Å². The van der Waals surface area contributed by atoms with E-state index in [1.165, 1.54) is 12.1 Å². The van der Waals surface area contributed by atoms with E-state index in [4.69, 9.17) is 4.42 Å². The summed E-state index contributed by atoms with van der Waals surface area (Å²) in [5.74, 6) is 0.0802. The van der Waals surface area contributed by atoms with Gasteiger partial charge in [-0.1, -0.05) is 22.9 Å². The van der Waals surface area contributed by atoms with E-state index in [0.29, 0.717) is 10.4 Å². The fraction of sp³-hybridized carbons (Fsp3) is 0.231. The topological polar surface area (TPSA) is 55.1 Å². The molecule has 100 valence electrons. The van der Waals surface area contributed by atoms with E-state index in [9.17, 15) is 9.18 Å². The summed E-state index contributed by atoms with van der Waals surface area (Å²) in [6, 6.07) is 4.27. The van der Waals surface area contributed by atoms with Gasteiger partial charge in [-0.2, -0.15) is 0 Å². The molecule has 0 fully saturated rings. The Labute approximate surface area is 118 Å². The molecule has 0 bridgehead atoms. The number of nitrogens with zero attached hydrogens (tertiary/aromatic N) is 1. The summed E-state index contributed by atoms with van der Waals surface area (Å²) in [5, 5.41) is 2.56. The Morgan fingerprint density at radius 3 is 2.95 bits per heavy atom. The first-order chi connectivity index (χ1) is 9.10. The molecule has 0 aliphatic heterocycles. The summed E-state index contributed by atoms with van der Waals surface area (Å²) in [6.45, 7) is 2.08. The van der Waals surface area contributed by atoms with E-state index in [2.05, 4.69) is 26.2 Å². The number of aromatic nitrogens is 1. The molecule has 2 rings (SSSR count). The minimum atomic E-state index is -0.575. The van der Waals surface area contributed by atoms with Crippen molar-refractivity contribution in [1.82, 2.24) is 10.3 Å². The first-order valence-electron chi connectivity index (χ1n) is 5.77. The van der Waals surface area contributed by atoms with E-state index in [0.717, 1.165) is 12.2 Å². The zero-order valence-corrected chi connectivity index (χ0v) is 11.8. The number of carbonyl (C=O) groups excluding carboxylic acids is 1. The van der Waals surface area contributed by atoms with Crippen LogP contribution in [0.5, 0.6) is 0 Å². The van der Waals surface area contributed by atoms with Gasteiger partial charge in [0.25, 0.3) is 5.91 Å².